The van der Waals surface area contributed by atoms with Crippen molar-refractivity contribution < 1.29 is 13.5 Å². The minimum Gasteiger partial charge on any atom is -0.392 e. The molecule has 1 fully saturated rings. The summed E-state index contributed by atoms with van der Waals surface area (Å²) in [7, 11) is -3.71. The highest BCUT2D eigenvalue weighted by Gasteiger charge is 2.26. The van der Waals surface area contributed by atoms with Gasteiger partial charge in [0, 0.05) is 24.3 Å². The first-order chi connectivity index (χ1) is 8.54. The summed E-state index contributed by atoms with van der Waals surface area (Å²) in [5, 5.41) is 17.1. The molecular weight excluding hydrogens is 256 g/mol. The zero-order chi connectivity index (χ0) is 13.2. The van der Waals surface area contributed by atoms with E-state index in [2.05, 4.69) is 15.0 Å². The van der Waals surface area contributed by atoms with Crippen molar-refractivity contribution in [2.75, 3.05) is 13.1 Å². The van der Waals surface area contributed by atoms with Gasteiger partial charge in [0.05, 0.1) is 6.61 Å². The topological polar surface area (TPSA) is 98.3 Å². The lowest BCUT2D eigenvalue weighted by Crippen LogP contribution is -2.45. The Morgan fingerprint density at radius 2 is 2.06 bits per heavy atom. The summed E-state index contributed by atoms with van der Waals surface area (Å²) in [6.07, 6.45) is 3.09. The lowest BCUT2D eigenvalue weighted by molar-refractivity contribution is 0.199. The van der Waals surface area contributed by atoms with E-state index >= 15 is 0 Å². The lowest BCUT2D eigenvalue weighted by atomic mass is 10.2. The van der Waals surface area contributed by atoms with Crippen molar-refractivity contribution >= 4 is 10.0 Å². The average molecular weight is 274 g/mol. The molecule has 0 aliphatic carbocycles. The maximum atomic E-state index is 12.1. The van der Waals surface area contributed by atoms with E-state index in [9.17, 15) is 13.5 Å². The second-order valence-corrected chi connectivity index (χ2v) is 6.01. The molecule has 0 atom stereocenters. The molecule has 102 valence electrons. The molecule has 0 amide bonds. The number of piperidine rings is 1. The number of hydrogen-bond acceptors (Lipinski definition) is 5. The van der Waals surface area contributed by atoms with Crippen LogP contribution < -0.4 is 4.83 Å². The van der Waals surface area contributed by atoms with E-state index in [0.29, 0.717) is 24.3 Å². The van der Waals surface area contributed by atoms with Crippen LogP contribution in [-0.4, -0.2) is 41.8 Å². The van der Waals surface area contributed by atoms with Gasteiger partial charge in [0.2, 0.25) is 0 Å². The Morgan fingerprint density at radius 1 is 1.39 bits per heavy atom. The SMILES string of the molecule is Cc1[nH]nc(S(=O)(=O)NN2CCCCC2)c1CO. The zero-order valence-electron chi connectivity index (χ0n) is 10.3. The van der Waals surface area contributed by atoms with Crippen LogP contribution in [0.15, 0.2) is 5.03 Å². The number of aryl methyl sites for hydroxylation is 1. The average Bonchev–Trinajstić information content (AvgIpc) is 2.72. The van der Waals surface area contributed by atoms with Crippen molar-refractivity contribution in [2.24, 2.45) is 0 Å². The van der Waals surface area contributed by atoms with Gasteiger partial charge in [-0.2, -0.15) is 5.10 Å². The fraction of sp³-hybridized carbons (Fsp3) is 0.700. The molecule has 1 aliphatic heterocycles. The summed E-state index contributed by atoms with van der Waals surface area (Å²) in [6.45, 7) is 2.74. The Balaban J connectivity index is 2.19. The van der Waals surface area contributed by atoms with Crippen molar-refractivity contribution in [1.29, 1.82) is 0 Å². The normalized spacial score (nSPS) is 18.1. The standard InChI is InChI=1S/C10H18N4O3S/c1-8-9(7-15)10(12-11-8)18(16,17)13-14-5-3-2-4-6-14/h13,15H,2-7H2,1H3,(H,11,12). The number of sulfonamides is 1. The summed E-state index contributed by atoms with van der Waals surface area (Å²) >= 11 is 0. The number of hydrogen-bond donors (Lipinski definition) is 3. The van der Waals surface area contributed by atoms with Gasteiger partial charge in [0.15, 0.2) is 5.03 Å². The van der Waals surface area contributed by atoms with E-state index < -0.39 is 10.0 Å². The molecule has 1 aliphatic rings. The van der Waals surface area contributed by atoms with E-state index in [4.69, 9.17) is 0 Å². The van der Waals surface area contributed by atoms with Crippen molar-refractivity contribution in [3.8, 4) is 0 Å². The van der Waals surface area contributed by atoms with Gasteiger partial charge < -0.3 is 5.11 Å². The molecule has 2 rings (SSSR count). The third-order valence-corrected chi connectivity index (χ3v) is 4.40. The Hall–Kier alpha value is -0.960. The minimum absolute atomic E-state index is 0.118. The molecule has 0 spiro atoms. The molecule has 2 heterocycles. The monoisotopic (exact) mass is 274 g/mol. The molecule has 18 heavy (non-hydrogen) atoms. The number of aliphatic hydroxyl groups excluding tert-OH is 1. The van der Waals surface area contributed by atoms with Crippen LogP contribution in [0.3, 0.4) is 0 Å². The molecule has 1 aromatic rings. The van der Waals surface area contributed by atoms with Crippen LogP contribution in [0.2, 0.25) is 0 Å². The van der Waals surface area contributed by atoms with Crippen molar-refractivity contribution in [1.82, 2.24) is 20.0 Å². The zero-order valence-corrected chi connectivity index (χ0v) is 11.1. The molecular formula is C10H18N4O3S. The summed E-state index contributed by atoms with van der Waals surface area (Å²) in [5.74, 6) is 0. The Kier molecular flexibility index (Phi) is 4.00. The van der Waals surface area contributed by atoms with E-state index in [1.54, 1.807) is 11.9 Å². The smallest absolute Gasteiger partial charge is 0.273 e. The minimum atomic E-state index is -3.71. The summed E-state index contributed by atoms with van der Waals surface area (Å²) in [6, 6.07) is 0. The summed E-state index contributed by atoms with van der Waals surface area (Å²) < 4.78 is 24.3. The predicted molar refractivity (Wildman–Crippen MR) is 65.0 cm³/mol. The van der Waals surface area contributed by atoms with Crippen LogP contribution in [0.5, 0.6) is 0 Å². The van der Waals surface area contributed by atoms with E-state index in [0.717, 1.165) is 19.3 Å². The molecule has 0 bridgehead atoms. The van der Waals surface area contributed by atoms with Gasteiger partial charge in [-0.25, -0.2) is 13.4 Å². The first-order valence-corrected chi connectivity index (χ1v) is 7.45. The molecule has 7 nitrogen and oxygen atoms in total. The van der Waals surface area contributed by atoms with E-state index in [1.165, 1.54) is 0 Å². The van der Waals surface area contributed by atoms with Crippen molar-refractivity contribution in [3.63, 3.8) is 0 Å². The Bertz CT molecular complexity index is 505. The van der Waals surface area contributed by atoms with Crippen LogP contribution in [0.1, 0.15) is 30.5 Å². The fourth-order valence-corrected chi connectivity index (χ4v) is 3.35. The highest BCUT2D eigenvalue weighted by molar-refractivity contribution is 7.89. The highest BCUT2D eigenvalue weighted by atomic mass is 32.2. The van der Waals surface area contributed by atoms with Gasteiger partial charge in [-0.3, -0.25) is 5.10 Å². The number of rotatable bonds is 4. The molecule has 0 radical (unpaired) electrons. The number of aromatic amines is 1. The highest BCUT2D eigenvalue weighted by Crippen LogP contribution is 2.17. The number of nitrogens with one attached hydrogen (secondary N) is 2. The number of nitrogens with zero attached hydrogens (tertiary/aromatic N) is 2. The van der Waals surface area contributed by atoms with Gasteiger partial charge in [0.1, 0.15) is 0 Å². The lowest BCUT2D eigenvalue weighted by Gasteiger charge is -2.26. The molecule has 1 aromatic heterocycles. The van der Waals surface area contributed by atoms with Gasteiger partial charge in [0.25, 0.3) is 10.0 Å². The number of aromatic nitrogens is 2. The third-order valence-electron chi connectivity index (χ3n) is 3.05. The summed E-state index contributed by atoms with van der Waals surface area (Å²) in [5.41, 5.74) is 0.885. The molecule has 1 saturated heterocycles. The van der Waals surface area contributed by atoms with Crippen LogP contribution in [-0.2, 0) is 16.6 Å². The van der Waals surface area contributed by atoms with Crippen molar-refractivity contribution in [3.05, 3.63) is 11.3 Å². The Labute approximate surface area is 106 Å². The molecule has 3 N–H and O–H groups in total. The van der Waals surface area contributed by atoms with Crippen LogP contribution >= 0.6 is 0 Å². The Morgan fingerprint density at radius 3 is 2.67 bits per heavy atom. The van der Waals surface area contributed by atoms with Crippen LogP contribution in [0.25, 0.3) is 0 Å². The second kappa shape index (κ2) is 5.35. The number of H-pyrrole nitrogens is 1. The van der Waals surface area contributed by atoms with Crippen LogP contribution in [0.4, 0.5) is 0 Å². The molecule has 0 unspecified atom stereocenters. The fourth-order valence-electron chi connectivity index (χ4n) is 2.04. The van der Waals surface area contributed by atoms with Gasteiger partial charge >= 0.3 is 0 Å². The van der Waals surface area contributed by atoms with E-state index in [-0.39, 0.29) is 11.6 Å². The van der Waals surface area contributed by atoms with Crippen molar-refractivity contribution in [2.45, 2.75) is 37.8 Å². The first kappa shape index (κ1) is 13.5. The first-order valence-electron chi connectivity index (χ1n) is 5.96. The predicted octanol–water partition coefficient (Wildman–Crippen LogP) is -0.110. The van der Waals surface area contributed by atoms with E-state index in [1.807, 2.05) is 0 Å². The quantitative estimate of drug-likeness (QED) is 0.711. The largest absolute Gasteiger partial charge is 0.392 e. The summed E-state index contributed by atoms with van der Waals surface area (Å²) in [4.78, 5) is 2.51. The van der Waals surface area contributed by atoms with Crippen LogP contribution in [0, 0.1) is 6.92 Å². The van der Waals surface area contributed by atoms with Gasteiger partial charge in [-0.05, 0) is 19.8 Å². The second-order valence-electron chi connectivity index (χ2n) is 4.43. The molecule has 0 saturated carbocycles. The number of aliphatic hydroxyl groups is 1. The third kappa shape index (κ3) is 2.72. The molecule has 8 heteroatoms. The molecule has 0 aromatic carbocycles. The maximum absolute atomic E-state index is 12.1. The number of hydrazine groups is 1. The van der Waals surface area contributed by atoms with Gasteiger partial charge in [-0.15, -0.1) is 4.83 Å². The maximum Gasteiger partial charge on any atom is 0.273 e. The van der Waals surface area contributed by atoms with Gasteiger partial charge in [-0.1, -0.05) is 6.42 Å².